The van der Waals surface area contributed by atoms with Gasteiger partial charge in [-0.25, -0.2) is 0 Å². The van der Waals surface area contributed by atoms with Crippen LogP contribution >= 0.6 is 0 Å². The second-order valence-corrected chi connectivity index (χ2v) is 24.6. The standard InChI is InChI=1S/C27H19N2O.C18H24GeN.Ir/c1-17-9-7-10-18(2)25(17)29-23-15-5-4-14-22(23)28-27(29)21-13-8-12-20-19-11-3-6-16-24(19)30-26(20)21;1-13(2)16-11-18(15-9-7-14(3)8-10-15)20-12-17(16)19(4,5)6;/h3-12,14-16H,1-2H3;7-9,11-13H,1-6H3;/q2*-1;/i;3D3,13D;. The van der Waals surface area contributed by atoms with Crippen LogP contribution < -0.4 is 4.40 Å². The van der Waals surface area contributed by atoms with E-state index in [0.717, 1.165) is 66.9 Å². The van der Waals surface area contributed by atoms with Crippen LogP contribution in [0, 0.1) is 32.8 Å². The SMILES string of the molecule is Cc1cccc(C)c1-n1c(-c2[c-]ccc3c2oc2ccccc23)nc2ccccc21.[2H]C([2H])([2H])c1c[c-]c(-c2cc(C([2H])(C)C)[c]([Ge]([CH3])([CH3])[CH3])cn2)cc1.[Ir]. The topological polar surface area (TPSA) is 43.9 Å². The van der Waals surface area contributed by atoms with Crippen molar-refractivity contribution in [1.29, 1.82) is 0 Å². The fraction of sp³-hybridized carbons (Fsp3) is 0.200. The molecule has 0 amide bonds. The molecule has 0 aliphatic rings. The zero-order valence-corrected chi connectivity index (χ0v) is 34.5. The van der Waals surface area contributed by atoms with Gasteiger partial charge < -0.3 is 8.98 Å². The number of hydrogen-bond donors (Lipinski definition) is 0. The zero-order chi connectivity index (χ0) is 38.6. The molecule has 0 saturated carbocycles. The maximum absolute atomic E-state index is 8.49. The van der Waals surface area contributed by atoms with Crippen LogP contribution in [0.4, 0.5) is 0 Å². The summed E-state index contributed by atoms with van der Waals surface area (Å²) in [5.74, 6) is 7.03. The first-order valence-electron chi connectivity index (χ1n) is 18.9. The van der Waals surface area contributed by atoms with Crippen molar-refractivity contribution in [1.82, 2.24) is 14.5 Å². The van der Waals surface area contributed by atoms with E-state index in [2.05, 4.69) is 101 Å². The van der Waals surface area contributed by atoms with E-state index in [1.165, 1.54) is 21.6 Å². The van der Waals surface area contributed by atoms with Crippen molar-refractivity contribution in [3.05, 3.63) is 144 Å². The molecule has 0 aliphatic heterocycles. The Morgan fingerprint density at radius 3 is 2.31 bits per heavy atom. The van der Waals surface area contributed by atoms with Crippen LogP contribution in [0.1, 0.15) is 47.5 Å². The quantitative estimate of drug-likeness (QED) is 0.128. The minimum atomic E-state index is -2.14. The van der Waals surface area contributed by atoms with Crippen LogP contribution in [-0.2, 0) is 20.1 Å². The van der Waals surface area contributed by atoms with Crippen molar-refractivity contribution in [3.63, 3.8) is 0 Å². The van der Waals surface area contributed by atoms with E-state index in [-0.39, 0.29) is 25.7 Å². The van der Waals surface area contributed by atoms with Crippen molar-refractivity contribution in [2.75, 3.05) is 0 Å². The van der Waals surface area contributed by atoms with Gasteiger partial charge in [0.2, 0.25) is 0 Å². The Bertz CT molecular complexity index is 2630. The van der Waals surface area contributed by atoms with Gasteiger partial charge in [-0.3, -0.25) is 4.98 Å². The Balaban J connectivity index is 0.000000189. The number of hydrogen-bond acceptors (Lipinski definition) is 3. The molecule has 0 spiro atoms. The second kappa shape index (κ2) is 14.8. The molecule has 0 unspecified atom stereocenters. The zero-order valence-electron chi connectivity index (χ0n) is 34.0. The number of para-hydroxylation sites is 4. The summed E-state index contributed by atoms with van der Waals surface area (Å²) >= 11 is -2.14. The van der Waals surface area contributed by atoms with Gasteiger partial charge in [0.15, 0.2) is 0 Å². The fourth-order valence-corrected chi connectivity index (χ4v) is 9.95. The summed E-state index contributed by atoms with van der Waals surface area (Å²) in [6, 6.07) is 40.1. The van der Waals surface area contributed by atoms with Crippen LogP contribution in [0.5, 0.6) is 0 Å². The summed E-state index contributed by atoms with van der Waals surface area (Å²) in [7, 11) is 0. The average Bonchev–Trinajstić information content (AvgIpc) is 3.70. The third kappa shape index (κ3) is 7.13. The Kier molecular flexibility index (Phi) is 9.10. The minimum absolute atomic E-state index is 0. The first-order chi connectivity index (χ1) is 25.5. The van der Waals surface area contributed by atoms with Gasteiger partial charge in [-0.1, -0.05) is 59.5 Å². The molecule has 0 fully saturated rings. The van der Waals surface area contributed by atoms with Crippen molar-refractivity contribution in [2.24, 2.45) is 0 Å². The molecule has 259 valence electrons. The van der Waals surface area contributed by atoms with Crippen LogP contribution in [0.15, 0.2) is 114 Å². The smallest absolute Gasteiger partial charge is 0 e. The Labute approximate surface area is 323 Å². The predicted molar refractivity (Wildman–Crippen MR) is 212 cm³/mol. The summed E-state index contributed by atoms with van der Waals surface area (Å²) in [5.41, 5.74) is 10.9. The van der Waals surface area contributed by atoms with E-state index < -0.39 is 26.0 Å². The summed E-state index contributed by atoms with van der Waals surface area (Å²) in [4.78, 5) is 9.61. The summed E-state index contributed by atoms with van der Waals surface area (Å²) in [6.45, 7) is 5.95. The van der Waals surface area contributed by atoms with Gasteiger partial charge in [-0.05, 0) is 43.2 Å². The molecule has 0 aliphatic carbocycles. The molecule has 3 heterocycles. The van der Waals surface area contributed by atoms with Crippen LogP contribution in [0.3, 0.4) is 0 Å². The maximum atomic E-state index is 8.49. The second-order valence-electron chi connectivity index (χ2n) is 14.0. The van der Waals surface area contributed by atoms with E-state index in [9.17, 15) is 0 Å². The third-order valence-corrected chi connectivity index (χ3v) is 13.4. The van der Waals surface area contributed by atoms with Gasteiger partial charge in [0, 0.05) is 31.2 Å². The molecule has 6 heteroatoms. The molecular weight excluding hydrogens is 863 g/mol. The Morgan fingerprint density at radius 1 is 0.863 bits per heavy atom. The number of benzene rings is 5. The molecule has 3 aromatic heterocycles. The van der Waals surface area contributed by atoms with Gasteiger partial charge in [0.1, 0.15) is 5.58 Å². The number of imidazole rings is 1. The molecular formula is C45H43GeIrN3O-2. The maximum Gasteiger partial charge on any atom is 0 e. The van der Waals surface area contributed by atoms with E-state index in [0.29, 0.717) is 0 Å². The van der Waals surface area contributed by atoms with Crippen LogP contribution in [-0.4, -0.2) is 27.8 Å². The normalized spacial score (nSPS) is 13.2. The number of aromatic nitrogens is 3. The summed E-state index contributed by atoms with van der Waals surface area (Å²) in [6.07, 6.45) is 1.91. The van der Waals surface area contributed by atoms with E-state index in [1.807, 2.05) is 56.4 Å². The first kappa shape index (κ1) is 31.4. The molecule has 51 heavy (non-hydrogen) atoms. The first-order valence-corrected chi connectivity index (χ1v) is 24.3. The van der Waals surface area contributed by atoms with Gasteiger partial charge in [0.05, 0.1) is 22.4 Å². The molecule has 1 radical (unpaired) electrons. The molecule has 8 aromatic rings. The van der Waals surface area contributed by atoms with Crippen LogP contribution in [0.25, 0.3) is 61.3 Å². The monoisotopic (exact) mass is 912 g/mol. The number of furan rings is 1. The van der Waals surface area contributed by atoms with Crippen molar-refractivity contribution in [3.8, 4) is 28.3 Å². The number of fused-ring (bicyclic) bond motifs is 4. The Hall–Kier alpha value is -4.29. The number of nitrogens with zero attached hydrogens (tertiary/aromatic N) is 3. The molecule has 0 atom stereocenters. The minimum Gasteiger partial charge on any atom is 0 e. The van der Waals surface area contributed by atoms with E-state index in [4.69, 9.17) is 14.9 Å². The average molecular weight is 911 g/mol. The largest absolute Gasteiger partial charge is 0 e. The fourth-order valence-electron chi connectivity index (χ4n) is 6.63. The van der Waals surface area contributed by atoms with E-state index in [1.54, 1.807) is 12.1 Å². The predicted octanol–water partition coefficient (Wildman–Crippen LogP) is 11.5. The molecule has 0 bridgehead atoms. The van der Waals surface area contributed by atoms with Gasteiger partial charge in [0.25, 0.3) is 0 Å². The van der Waals surface area contributed by atoms with Crippen molar-refractivity contribution in [2.45, 2.75) is 57.7 Å². The van der Waals surface area contributed by atoms with Gasteiger partial charge >= 0.3 is 131 Å². The molecule has 0 N–H and O–H groups in total. The summed E-state index contributed by atoms with van der Waals surface area (Å²) in [5, 5.41) is 2.19. The van der Waals surface area contributed by atoms with Crippen molar-refractivity contribution >= 4 is 50.6 Å². The molecule has 8 rings (SSSR count). The molecule has 5 aromatic carbocycles. The molecule has 4 nitrogen and oxygen atoms in total. The molecule has 0 saturated heterocycles. The van der Waals surface area contributed by atoms with Gasteiger partial charge in [-0.2, -0.15) is 0 Å². The number of rotatable bonds is 5. The van der Waals surface area contributed by atoms with Crippen LogP contribution in [0.2, 0.25) is 17.3 Å². The number of pyridine rings is 1. The summed E-state index contributed by atoms with van der Waals surface area (Å²) < 4.78 is 40.6. The van der Waals surface area contributed by atoms with E-state index >= 15 is 0 Å². The van der Waals surface area contributed by atoms with Crippen molar-refractivity contribution < 1.29 is 30.0 Å². The van der Waals surface area contributed by atoms with Gasteiger partial charge in [-0.15, -0.1) is 18.2 Å². The Morgan fingerprint density at radius 2 is 1.61 bits per heavy atom. The number of aryl methyl sites for hydroxylation is 3. The third-order valence-electron chi connectivity index (χ3n) is 9.13.